The number of carbonyl (C=O) groups is 1. The number of nitrogens with one attached hydrogen (secondary N) is 2. The van der Waals surface area contributed by atoms with Crippen LogP contribution in [0.2, 0.25) is 0 Å². The van der Waals surface area contributed by atoms with E-state index in [9.17, 15) is 4.79 Å². The zero-order chi connectivity index (χ0) is 13.2. The maximum atomic E-state index is 12.1. The van der Waals surface area contributed by atoms with Crippen molar-refractivity contribution >= 4 is 33.3 Å². The van der Waals surface area contributed by atoms with Crippen molar-refractivity contribution in [2.45, 2.75) is 13.3 Å². The van der Waals surface area contributed by atoms with Crippen LogP contribution < -0.4 is 5.32 Å². The van der Waals surface area contributed by atoms with Gasteiger partial charge in [0.25, 0.3) is 5.91 Å². The standard InChI is InChI=1S/C12H11N5OS/c1-2-9-15-17-12(19-9)13-11(18)10-7-5-3-4-6-8(7)14-16-10/h3-6H,2H2,1H3,(H,14,16)(H,13,17,18). The fourth-order valence-electron chi connectivity index (χ4n) is 1.74. The van der Waals surface area contributed by atoms with Gasteiger partial charge in [0.15, 0.2) is 5.69 Å². The van der Waals surface area contributed by atoms with Crippen LogP contribution in [0.3, 0.4) is 0 Å². The maximum absolute atomic E-state index is 12.1. The Bertz CT molecular complexity index is 732. The van der Waals surface area contributed by atoms with Crippen LogP contribution >= 0.6 is 11.3 Å². The van der Waals surface area contributed by atoms with Gasteiger partial charge in [0, 0.05) is 5.39 Å². The van der Waals surface area contributed by atoms with Gasteiger partial charge in [0.1, 0.15) is 5.01 Å². The SMILES string of the molecule is CCc1nnc(NC(=O)c2n[nH]c3ccccc23)s1. The molecule has 0 saturated heterocycles. The lowest BCUT2D eigenvalue weighted by molar-refractivity contribution is 0.102. The van der Waals surface area contributed by atoms with E-state index >= 15 is 0 Å². The number of rotatable bonds is 3. The molecule has 3 rings (SSSR count). The van der Waals surface area contributed by atoms with Gasteiger partial charge in [-0.15, -0.1) is 10.2 Å². The van der Waals surface area contributed by atoms with E-state index in [0.29, 0.717) is 10.8 Å². The molecule has 0 bridgehead atoms. The third-order valence-electron chi connectivity index (χ3n) is 2.68. The molecule has 0 spiro atoms. The normalized spacial score (nSPS) is 10.8. The summed E-state index contributed by atoms with van der Waals surface area (Å²) >= 11 is 1.37. The number of para-hydroxylation sites is 1. The van der Waals surface area contributed by atoms with Gasteiger partial charge in [-0.3, -0.25) is 15.2 Å². The zero-order valence-electron chi connectivity index (χ0n) is 10.2. The predicted molar refractivity (Wildman–Crippen MR) is 73.3 cm³/mol. The number of benzene rings is 1. The van der Waals surface area contributed by atoms with Crippen molar-refractivity contribution in [1.29, 1.82) is 0 Å². The summed E-state index contributed by atoms with van der Waals surface area (Å²) in [4.78, 5) is 12.1. The topological polar surface area (TPSA) is 83.6 Å². The Morgan fingerprint density at radius 1 is 1.37 bits per heavy atom. The van der Waals surface area contributed by atoms with Crippen molar-refractivity contribution < 1.29 is 4.79 Å². The molecule has 0 radical (unpaired) electrons. The van der Waals surface area contributed by atoms with Gasteiger partial charge in [0.05, 0.1) is 5.52 Å². The molecule has 0 aliphatic carbocycles. The Kier molecular flexibility index (Phi) is 2.96. The van der Waals surface area contributed by atoms with E-state index in [0.717, 1.165) is 22.3 Å². The predicted octanol–water partition coefficient (Wildman–Crippen LogP) is 2.23. The molecule has 7 heteroatoms. The second-order valence-electron chi connectivity index (χ2n) is 3.93. The molecular formula is C12H11N5OS. The van der Waals surface area contributed by atoms with E-state index in [1.54, 1.807) is 0 Å². The smallest absolute Gasteiger partial charge is 0.278 e. The Morgan fingerprint density at radius 3 is 3.00 bits per heavy atom. The molecule has 2 heterocycles. The van der Waals surface area contributed by atoms with E-state index in [4.69, 9.17) is 0 Å². The first-order valence-electron chi connectivity index (χ1n) is 5.84. The first kappa shape index (κ1) is 11.8. The molecule has 0 aliphatic rings. The van der Waals surface area contributed by atoms with Gasteiger partial charge >= 0.3 is 0 Å². The summed E-state index contributed by atoms with van der Waals surface area (Å²) in [6, 6.07) is 7.49. The Balaban J connectivity index is 1.87. The van der Waals surface area contributed by atoms with E-state index < -0.39 is 0 Å². The van der Waals surface area contributed by atoms with Crippen LogP contribution in [0.15, 0.2) is 24.3 Å². The summed E-state index contributed by atoms with van der Waals surface area (Å²) in [5.41, 5.74) is 1.20. The summed E-state index contributed by atoms with van der Waals surface area (Å²) in [5.74, 6) is -0.281. The van der Waals surface area contributed by atoms with E-state index in [1.165, 1.54) is 11.3 Å². The van der Waals surface area contributed by atoms with Crippen LogP contribution in [-0.2, 0) is 6.42 Å². The van der Waals surface area contributed by atoms with Gasteiger partial charge in [-0.05, 0) is 12.5 Å². The first-order chi connectivity index (χ1) is 9.28. The quantitative estimate of drug-likeness (QED) is 0.766. The fourth-order valence-corrected chi connectivity index (χ4v) is 2.41. The second-order valence-corrected chi connectivity index (χ2v) is 4.99. The number of aryl methyl sites for hydroxylation is 1. The molecule has 1 aromatic carbocycles. The Hall–Kier alpha value is -2.28. The van der Waals surface area contributed by atoms with Crippen LogP contribution in [0.4, 0.5) is 5.13 Å². The number of aromatic nitrogens is 4. The minimum Gasteiger partial charge on any atom is -0.295 e. The fraction of sp³-hybridized carbons (Fsp3) is 0.167. The lowest BCUT2D eigenvalue weighted by Crippen LogP contribution is -2.12. The summed E-state index contributed by atoms with van der Waals surface area (Å²) < 4.78 is 0. The molecule has 19 heavy (non-hydrogen) atoms. The van der Waals surface area contributed by atoms with Gasteiger partial charge in [0.2, 0.25) is 5.13 Å². The Labute approximate surface area is 112 Å². The number of hydrogen-bond donors (Lipinski definition) is 2. The molecule has 0 atom stereocenters. The van der Waals surface area contributed by atoms with Crippen LogP contribution in [0.1, 0.15) is 22.4 Å². The molecule has 1 amide bonds. The number of amides is 1. The largest absolute Gasteiger partial charge is 0.295 e. The highest BCUT2D eigenvalue weighted by atomic mass is 32.1. The van der Waals surface area contributed by atoms with Crippen molar-refractivity contribution in [3.63, 3.8) is 0 Å². The molecule has 0 fully saturated rings. The van der Waals surface area contributed by atoms with Crippen LogP contribution in [0, 0.1) is 0 Å². The van der Waals surface area contributed by atoms with Crippen molar-refractivity contribution in [2.24, 2.45) is 0 Å². The molecule has 96 valence electrons. The van der Waals surface area contributed by atoms with Gasteiger partial charge in [-0.2, -0.15) is 5.10 Å². The number of anilines is 1. The third-order valence-corrected chi connectivity index (χ3v) is 3.66. The molecule has 2 aromatic heterocycles. The van der Waals surface area contributed by atoms with Crippen LogP contribution in [0.25, 0.3) is 10.9 Å². The maximum Gasteiger partial charge on any atom is 0.278 e. The molecule has 6 nitrogen and oxygen atoms in total. The summed E-state index contributed by atoms with van der Waals surface area (Å²) in [6.07, 6.45) is 0.804. The number of carbonyl (C=O) groups excluding carboxylic acids is 1. The summed E-state index contributed by atoms with van der Waals surface area (Å²) in [5, 5.41) is 19.6. The highest BCUT2D eigenvalue weighted by Crippen LogP contribution is 2.19. The number of nitrogens with zero attached hydrogens (tertiary/aromatic N) is 3. The number of fused-ring (bicyclic) bond motifs is 1. The highest BCUT2D eigenvalue weighted by Gasteiger charge is 2.15. The molecule has 2 N–H and O–H groups in total. The van der Waals surface area contributed by atoms with Gasteiger partial charge < -0.3 is 0 Å². The molecule has 0 aliphatic heterocycles. The van der Waals surface area contributed by atoms with Crippen molar-refractivity contribution in [1.82, 2.24) is 20.4 Å². The summed E-state index contributed by atoms with van der Waals surface area (Å²) in [7, 11) is 0. The average Bonchev–Trinajstić information content (AvgIpc) is 3.04. The minimum atomic E-state index is -0.281. The number of aromatic amines is 1. The van der Waals surface area contributed by atoms with Gasteiger partial charge in [-0.1, -0.05) is 36.5 Å². The third kappa shape index (κ3) is 2.19. The van der Waals surface area contributed by atoms with E-state index in [-0.39, 0.29) is 5.91 Å². The van der Waals surface area contributed by atoms with Crippen LogP contribution in [0.5, 0.6) is 0 Å². The van der Waals surface area contributed by atoms with Crippen LogP contribution in [-0.4, -0.2) is 26.3 Å². The molecule has 3 aromatic rings. The lowest BCUT2D eigenvalue weighted by atomic mass is 10.2. The molecule has 0 saturated carbocycles. The van der Waals surface area contributed by atoms with Gasteiger partial charge in [-0.25, -0.2) is 0 Å². The lowest BCUT2D eigenvalue weighted by Gasteiger charge is -1.97. The monoisotopic (exact) mass is 273 g/mol. The van der Waals surface area contributed by atoms with Crippen molar-refractivity contribution in [2.75, 3.05) is 5.32 Å². The van der Waals surface area contributed by atoms with Crippen molar-refractivity contribution in [3.05, 3.63) is 35.0 Å². The molecular weight excluding hydrogens is 262 g/mol. The number of hydrogen-bond acceptors (Lipinski definition) is 5. The zero-order valence-corrected chi connectivity index (χ0v) is 11.0. The molecule has 0 unspecified atom stereocenters. The van der Waals surface area contributed by atoms with E-state index in [2.05, 4.69) is 25.7 Å². The minimum absolute atomic E-state index is 0.281. The summed E-state index contributed by atoms with van der Waals surface area (Å²) in [6.45, 7) is 1.99. The number of H-pyrrole nitrogens is 1. The van der Waals surface area contributed by atoms with Crippen molar-refractivity contribution in [3.8, 4) is 0 Å². The average molecular weight is 273 g/mol. The first-order valence-corrected chi connectivity index (χ1v) is 6.66. The Morgan fingerprint density at radius 2 is 2.21 bits per heavy atom. The highest BCUT2D eigenvalue weighted by molar-refractivity contribution is 7.15. The second kappa shape index (κ2) is 4.77. The van der Waals surface area contributed by atoms with E-state index in [1.807, 2.05) is 31.2 Å².